The quantitative estimate of drug-likeness (QED) is 0.604. The molecule has 1 aliphatic heterocycles. The third-order valence-electron chi connectivity index (χ3n) is 5.86. The van der Waals surface area contributed by atoms with Crippen molar-refractivity contribution in [1.29, 1.82) is 0 Å². The average molecular weight is 448 g/mol. The number of fused-ring (bicyclic) bond motifs is 1. The van der Waals surface area contributed by atoms with Gasteiger partial charge in [0, 0.05) is 42.7 Å². The Labute approximate surface area is 185 Å². The van der Waals surface area contributed by atoms with Gasteiger partial charge in [-0.3, -0.25) is 14.0 Å². The van der Waals surface area contributed by atoms with E-state index in [1.807, 2.05) is 34.7 Å². The van der Waals surface area contributed by atoms with Crippen LogP contribution in [0.15, 0.2) is 48.1 Å². The lowest BCUT2D eigenvalue weighted by Gasteiger charge is -2.42. The number of amides is 2. The van der Waals surface area contributed by atoms with Crippen LogP contribution in [0.3, 0.4) is 0 Å². The van der Waals surface area contributed by atoms with Crippen LogP contribution in [0.1, 0.15) is 36.9 Å². The molecule has 1 aliphatic rings. The van der Waals surface area contributed by atoms with Crippen molar-refractivity contribution in [2.24, 2.45) is 11.5 Å². The Balaban J connectivity index is 0.00000256. The number of likely N-dealkylation sites (tertiary alicyclic amines) is 1. The Bertz CT molecular complexity index is 982. The van der Waals surface area contributed by atoms with E-state index in [4.69, 9.17) is 16.5 Å². The second-order valence-electron chi connectivity index (χ2n) is 7.60. The molecule has 0 radical (unpaired) electrons. The van der Waals surface area contributed by atoms with Crippen LogP contribution in [0.25, 0.3) is 4.96 Å². The van der Waals surface area contributed by atoms with Gasteiger partial charge in [-0.15, -0.1) is 23.7 Å². The lowest BCUT2D eigenvalue weighted by Crippen LogP contribution is -2.51. The first kappa shape index (κ1) is 22.3. The van der Waals surface area contributed by atoms with E-state index in [0.29, 0.717) is 13.1 Å². The minimum absolute atomic E-state index is 0. The number of thiazole rings is 1. The number of nitrogens with two attached hydrogens (primary N) is 2. The van der Waals surface area contributed by atoms with Crippen molar-refractivity contribution in [3.8, 4) is 0 Å². The highest BCUT2D eigenvalue weighted by molar-refractivity contribution is 7.15. The fraction of sp³-hybridized carbons (Fsp3) is 0.381. The average Bonchev–Trinajstić information content (AvgIpc) is 3.35. The van der Waals surface area contributed by atoms with Crippen molar-refractivity contribution in [2.45, 2.75) is 37.1 Å². The zero-order chi connectivity index (χ0) is 20.4. The van der Waals surface area contributed by atoms with Crippen LogP contribution in [0.2, 0.25) is 0 Å². The highest BCUT2D eigenvalue weighted by atomic mass is 35.5. The summed E-state index contributed by atoms with van der Waals surface area (Å²) < 4.78 is 2.06. The van der Waals surface area contributed by atoms with E-state index in [1.165, 1.54) is 5.56 Å². The first-order chi connectivity index (χ1) is 14.0. The van der Waals surface area contributed by atoms with E-state index in [-0.39, 0.29) is 36.6 Å². The molecule has 0 saturated carbocycles. The molecule has 4 rings (SSSR count). The third-order valence-corrected chi connectivity index (χ3v) is 6.63. The van der Waals surface area contributed by atoms with Crippen LogP contribution >= 0.6 is 23.7 Å². The van der Waals surface area contributed by atoms with Crippen molar-refractivity contribution < 1.29 is 9.59 Å². The predicted molar refractivity (Wildman–Crippen MR) is 120 cm³/mol. The summed E-state index contributed by atoms with van der Waals surface area (Å²) in [5.74, 6) is -0.548. The normalized spacial score (nSPS) is 16.8. The van der Waals surface area contributed by atoms with Gasteiger partial charge in [-0.2, -0.15) is 0 Å². The maximum Gasteiger partial charge on any atom is 0.239 e. The van der Waals surface area contributed by atoms with Crippen molar-refractivity contribution in [2.75, 3.05) is 13.1 Å². The fourth-order valence-electron chi connectivity index (χ4n) is 4.17. The maximum absolute atomic E-state index is 12.7. The van der Waals surface area contributed by atoms with Crippen LogP contribution in [-0.4, -0.2) is 45.2 Å². The van der Waals surface area contributed by atoms with Gasteiger partial charge < -0.3 is 16.4 Å². The van der Waals surface area contributed by atoms with Gasteiger partial charge in [0.25, 0.3) is 0 Å². The Morgan fingerprint density at radius 3 is 2.53 bits per heavy atom. The molecule has 2 aromatic heterocycles. The smallest absolute Gasteiger partial charge is 0.239 e. The summed E-state index contributed by atoms with van der Waals surface area (Å²) in [5.41, 5.74) is 13.2. The summed E-state index contributed by atoms with van der Waals surface area (Å²) in [7, 11) is 0. The summed E-state index contributed by atoms with van der Waals surface area (Å²) in [6.07, 6.45) is 6.08. The highest BCUT2D eigenvalue weighted by Crippen LogP contribution is 2.41. The molecule has 0 spiro atoms. The van der Waals surface area contributed by atoms with Crippen LogP contribution in [0, 0.1) is 0 Å². The van der Waals surface area contributed by atoms with Crippen LogP contribution < -0.4 is 11.5 Å². The molecule has 0 aliphatic carbocycles. The van der Waals surface area contributed by atoms with Gasteiger partial charge in [-0.25, -0.2) is 4.98 Å². The number of hydrogen-bond acceptors (Lipinski definition) is 5. The zero-order valence-electron chi connectivity index (χ0n) is 16.6. The summed E-state index contributed by atoms with van der Waals surface area (Å²) in [4.78, 5) is 31.4. The summed E-state index contributed by atoms with van der Waals surface area (Å²) in [5, 5.41) is 2.02. The molecule has 160 valence electrons. The SMILES string of the molecule is Cl.NC(=O)CC[C@H](N)C(=O)N1CCC(c2ccccc2)(c2cn3ccsc3n2)CC1. The number of carbonyl (C=O) groups excluding carboxylic acids is 2. The van der Waals surface area contributed by atoms with E-state index in [1.54, 1.807) is 11.3 Å². The van der Waals surface area contributed by atoms with E-state index in [2.05, 4.69) is 22.7 Å². The Morgan fingerprint density at radius 1 is 1.20 bits per heavy atom. The topological polar surface area (TPSA) is 107 Å². The fourth-order valence-corrected chi connectivity index (χ4v) is 4.87. The van der Waals surface area contributed by atoms with Gasteiger partial charge >= 0.3 is 0 Å². The first-order valence-electron chi connectivity index (χ1n) is 9.80. The molecule has 7 nitrogen and oxygen atoms in total. The molecule has 1 aromatic carbocycles. The molecule has 0 bridgehead atoms. The van der Waals surface area contributed by atoms with E-state index in [0.717, 1.165) is 23.5 Å². The van der Waals surface area contributed by atoms with Crippen molar-refractivity contribution in [1.82, 2.24) is 14.3 Å². The van der Waals surface area contributed by atoms with Crippen LogP contribution in [-0.2, 0) is 15.0 Å². The minimum atomic E-state index is -0.690. The van der Waals surface area contributed by atoms with E-state index < -0.39 is 11.9 Å². The second-order valence-corrected chi connectivity index (χ2v) is 8.48. The summed E-state index contributed by atoms with van der Waals surface area (Å²) in [6, 6.07) is 9.70. The van der Waals surface area contributed by atoms with Gasteiger partial charge in [0.2, 0.25) is 11.8 Å². The molecule has 1 atom stereocenters. The lowest BCUT2D eigenvalue weighted by molar-refractivity contribution is -0.134. The Hall–Kier alpha value is -2.42. The molecule has 30 heavy (non-hydrogen) atoms. The predicted octanol–water partition coefficient (Wildman–Crippen LogP) is 2.32. The van der Waals surface area contributed by atoms with Gasteiger partial charge in [-0.05, 0) is 24.8 Å². The largest absolute Gasteiger partial charge is 0.370 e. The number of benzene rings is 1. The molecular weight excluding hydrogens is 422 g/mol. The third kappa shape index (κ3) is 4.21. The molecule has 9 heteroatoms. The number of primary amides is 1. The molecule has 2 amide bonds. The monoisotopic (exact) mass is 447 g/mol. The standard InChI is InChI=1S/C21H25N5O2S.ClH/c22-16(6-7-18(23)27)19(28)25-10-8-21(9-11-25,15-4-2-1-3-5-15)17-14-26-12-13-29-20(26)24-17;/h1-5,12-14,16H,6-11,22H2,(H2,23,27);1H/t16-;/m0./s1. The molecule has 1 saturated heterocycles. The number of halogens is 1. The highest BCUT2D eigenvalue weighted by Gasteiger charge is 2.41. The molecule has 4 N–H and O–H groups in total. The molecule has 0 unspecified atom stereocenters. The zero-order valence-corrected chi connectivity index (χ0v) is 18.2. The number of hydrogen-bond donors (Lipinski definition) is 2. The Morgan fingerprint density at radius 2 is 1.90 bits per heavy atom. The van der Waals surface area contributed by atoms with Crippen molar-refractivity contribution >= 4 is 40.5 Å². The van der Waals surface area contributed by atoms with Crippen LogP contribution in [0.5, 0.6) is 0 Å². The first-order valence-corrected chi connectivity index (χ1v) is 10.7. The second kappa shape index (κ2) is 9.16. The van der Waals surface area contributed by atoms with Crippen LogP contribution in [0.4, 0.5) is 0 Å². The number of imidazole rings is 1. The van der Waals surface area contributed by atoms with E-state index in [9.17, 15) is 9.59 Å². The number of piperidine rings is 1. The summed E-state index contributed by atoms with van der Waals surface area (Å²) >= 11 is 1.62. The van der Waals surface area contributed by atoms with Gasteiger partial charge in [0.15, 0.2) is 4.96 Å². The summed E-state index contributed by atoms with van der Waals surface area (Å²) in [6.45, 7) is 1.20. The lowest BCUT2D eigenvalue weighted by atomic mass is 9.70. The van der Waals surface area contributed by atoms with Crippen molar-refractivity contribution in [3.05, 3.63) is 59.4 Å². The molecular formula is C21H26ClN5O2S. The van der Waals surface area contributed by atoms with Crippen molar-refractivity contribution in [3.63, 3.8) is 0 Å². The number of carbonyl (C=O) groups is 2. The molecule has 3 heterocycles. The number of nitrogens with zero attached hydrogens (tertiary/aromatic N) is 3. The Kier molecular flexibility index (Phi) is 6.80. The van der Waals surface area contributed by atoms with Gasteiger partial charge in [-0.1, -0.05) is 30.3 Å². The molecule has 3 aromatic rings. The van der Waals surface area contributed by atoms with Gasteiger partial charge in [0.1, 0.15) is 0 Å². The van der Waals surface area contributed by atoms with E-state index >= 15 is 0 Å². The number of rotatable bonds is 6. The number of aromatic nitrogens is 2. The van der Waals surface area contributed by atoms with Gasteiger partial charge in [0.05, 0.1) is 11.7 Å². The maximum atomic E-state index is 12.7. The molecule has 1 fully saturated rings. The minimum Gasteiger partial charge on any atom is -0.370 e.